The summed E-state index contributed by atoms with van der Waals surface area (Å²) in [5, 5.41) is 28.8. The van der Waals surface area contributed by atoms with Crippen LogP contribution in [0, 0.1) is 16.2 Å². The Morgan fingerprint density at radius 2 is 0.696 bits per heavy atom. The molecule has 10 rings (SSSR count). The smallest absolute Gasteiger partial charge is 0.346 e. The van der Waals surface area contributed by atoms with Crippen LogP contribution >= 0.6 is 0 Å². The molecule has 2 N–H and O–H groups in total. The van der Waals surface area contributed by atoms with E-state index in [4.69, 9.17) is 28.4 Å². The van der Waals surface area contributed by atoms with Crippen LogP contribution in [0.3, 0.4) is 0 Å². The Morgan fingerprint density at radius 3 is 1.01 bits per heavy atom. The summed E-state index contributed by atoms with van der Waals surface area (Å²) in [5.74, 6) is -3.14. The number of ether oxygens (including phenoxy) is 6. The van der Waals surface area contributed by atoms with Crippen LogP contribution in [0.25, 0.3) is 43.1 Å². The Bertz CT molecular complexity index is 3720. The van der Waals surface area contributed by atoms with E-state index in [9.17, 15) is 19.8 Å². The Balaban J connectivity index is 1.33. The van der Waals surface area contributed by atoms with Crippen LogP contribution in [0.5, 0.6) is 40.2 Å². The van der Waals surface area contributed by atoms with Gasteiger partial charge >= 0.3 is 11.9 Å². The second kappa shape index (κ2) is 18.4. The van der Waals surface area contributed by atoms with Crippen LogP contribution < -0.4 is 18.9 Å². The topological polar surface area (TPSA) is 130 Å². The second-order valence-corrected chi connectivity index (χ2v) is 28.4. The highest BCUT2D eigenvalue weighted by Gasteiger charge is 2.47. The van der Waals surface area contributed by atoms with Gasteiger partial charge in [-0.15, -0.1) is 0 Å². The van der Waals surface area contributed by atoms with Gasteiger partial charge in [0.25, 0.3) is 0 Å². The molecule has 10 nitrogen and oxygen atoms in total. The standard InChI is InChI=1S/C69H78O10/c1-62(2,3)35-65(10,11)38-19-25-41(26-20-38)75-49-32-45-52-44(60(70)78-61(45)71)31-48(74-18)54-56-50(76-42-27-21-39(22-28-42)66(12,13)36-63(4,5)6)33-46-53-47(69(17,73)79-68(46,16)72)34-51(57(59(53)56)55(49)58(52)54)77-43-29-23-40(24-30-43)67(14,15)37-64(7,8)9/h19-34,72-73H,35-37H2,1-18H3. The molecule has 0 spiro atoms. The first kappa shape index (κ1) is 55.6. The zero-order chi connectivity index (χ0) is 57.5. The average molecular weight is 1070 g/mol. The molecule has 10 heteroatoms. The third-order valence-electron chi connectivity index (χ3n) is 15.9. The molecule has 0 saturated carbocycles. The number of esters is 2. The summed E-state index contributed by atoms with van der Waals surface area (Å²) in [6, 6.07) is 30.9. The van der Waals surface area contributed by atoms with Crippen LogP contribution in [0.4, 0.5) is 0 Å². The summed E-state index contributed by atoms with van der Waals surface area (Å²) >= 11 is 0. The number of carbonyl (C=O) groups is 2. The molecule has 2 aliphatic rings. The van der Waals surface area contributed by atoms with Crippen molar-refractivity contribution in [3.63, 3.8) is 0 Å². The number of fused-ring (bicyclic) bond motifs is 2. The Kier molecular flexibility index (Phi) is 13.0. The number of methoxy groups -OCH3 is 1. The summed E-state index contributed by atoms with van der Waals surface area (Å²) in [6.07, 6.45) is 2.83. The van der Waals surface area contributed by atoms with Gasteiger partial charge in [0.05, 0.1) is 18.2 Å². The fourth-order valence-electron chi connectivity index (χ4n) is 13.9. The van der Waals surface area contributed by atoms with Crippen molar-refractivity contribution in [3.8, 4) is 40.2 Å². The van der Waals surface area contributed by atoms with Crippen molar-refractivity contribution in [2.75, 3.05) is 7.11 Å². The third-order valence-corrected chi connectivity index (χ3v) is 15.9. The molecule has 8 aromatic rings. The van der Waals surface area contributed by atoms with Gasteiger partial charge in [0.1, 0.15) is 40.2 Å². The highest BCUT2D eigenvalue weighted by molar-refractivity contribution is 6.41. The van der Waals surface area contributed by atoms with Crippen molar-refractivity contribution in [1.82, 2.24) is 0 Å². The van der Waals surface area contributed by atoms with Crippen LogP contribution in [0.1, 0.15) is 185 Å². The highest BCUT2D eigenvalue weighted by atomic mass is 16.7. The van der Waals surface area contributed by atoms with Crippen LogP contribution in [0.15, 0.2) is 97.1 Å². The monoisotopic (exact) mass is 1070 g/mol. The van der Waals surface area contributed by atoms with Gasteiger partial charge in [0.2, 0.25) is 0 Å². The molecule has 2 atom stereocenters. The lowest BCUT2D eigenvalue weighted by Gasteiger charge is -2.41. The van der Waals surface area contributed by atoms with E-state index in [1.807, 2.05) is 36.4 Å². The highest BCUT2D eigenvalue weighted by Crippen LogP contribution is 2.60. The molecule has 0 fully saturated rings. The molecular weight excluding hydrogens is 989 g/mol. The van der Waals surface area contributed by atoms with E-state index in [1.54, 1.807) is 24.3 Å². The van der Waals surface area contributed by atoms with Crippen molar-refractivity contribution in [2.24, 2.45) is 16.2 Å². The van der Waals surface area contributed by atoms with E-state index in [2.05, 4.69) is 140 Å². The number of hydrogen-bond donors (Lipinski definition) is 2. The third kappa shape index (κ3) is 10.2. The molecular formula is C69H78O10. The molecule has 0 radical (unpaired) electrons. The van der Waals surface area contributed by atoms with Gasteiger partial charge in [-0.25, -0.2) is 9.59 Å². The predicted octanol–water partition coefficient (Wildman–Crippen LogP) is 17.9. The largest absolute Gasteiger partial charge is 0.496 e. The number of aliphatic hydroxyl groups is 2. The van der Waals surface area contributed by atoms with Crippen LogP contribution in [-0.4, -0.2) is 29.3 Å². The SMILES string of the molecule is COc1cc2c3c(cc(Oc4ccc(C(C)(C)CC(C)(C)C)cc4)c4c5c(Oc6ccc(C(C)(C)CC(C)(C)C)cc6)cc6c7c(cc(Oc8ccc(C(C)(C)CC(C)(C)C)cc8)c(c1c34)c75)C(C)(O)OC6(C)O)C(=O)OC2=O. The quantitative estimate of drug-likeness (QED) is 0.0498. The van der Waals surface area contributed by atoms with Crippen molar-refractivity contribution < 1.29 is 48.2 Å². The summed E-state index contributed by atoms with van der Waals surface area (Å²) in [4.78, 5) is 28.4. The Morgan fingerprint density at radius 1 is 0.405 bits per heavy atom. The molecule has 79 heavy (non-hydrogen) atoms. The maximum absolute atomic E-state index is 14.3. The molecule has 0 saturated heterocycles. The fraction of sp³-hybridized carbons (Fsp3) is 0.420. The van der Waals surface area contributed by atoms with Crippen molar-refractivity contribution >= 4 is 55.0 Å². The number of cyclic esters (lactones) is 2. The molecule has 0 aromatic heterocycles. The first-order valence-corrected chi connectivity index (χ1v) is 27.7. The lowest BCUT2D eigenvalue weighted by Crippen LogP contribution is -2.41. The minimum Gasteiger partial charge on any atom is -0.496 e. The number of hydrogen-bond acceptors (Lipinski definition) is 10. The molecule has 0 aliphatic carbocycles. The van der Waals surface area contributed by atoms with Gasteiger partial charge in [-0.3, -0.25) is 0 Å². The predicted molar refractivity (Wildman–Crippen MR) is 315 cm³/mol. The van der Waals surface area contributed by atoms with E-state index in [0.29, 0.717) is 83.0 Å². The molecule has 414 valence electrons. The van der Waals surface area contributed by atoms with Crippen molar-refractivity contribution in [2.45, 2.75) is 165 Å². The summed E-state index contributed by atoms with van der Waals surface area (Å²) in [6.45, 7) is 36.6. The van der Waals surface area contributed by atoms with E-state index in [1.165, 1.54) is 21.0 Å². The zero-order valence-corrected chi connectivity index (χ0v) is 49.5. The number of carbonyl (C=O) groups excluding carboxylic acids is 2. The second-order valence-electron chi connectivity index (χ2n) is 28.4. The number of benzene rings is 8. The minimum atomic E-state index is -2.06. The summed E-state index contributed by atoms with van der Waals surface area (Å²) < 4.78 is 39.5. The van der Waals surface area contributed by atoms with Gasteiger partial charge in [-0.2, -0.15) is 0 Å². The fourth-order valence-corrected chi connectivity index (χ4v) is 13.9. The van der Waals surface area contributed by atoms with E-state index < -0.39 is 23.5 Å². The lowest BCUT2D eigenvalue weighted by atomic mass is 9.72. The van der Waals surface area contributed by atoms with Gasteiger partial charge in [-0.1, -0.05) is 140 Å². The van der Waals surface area contributed by atoms with Gasteiger partial charge in [-0.05, 0) is 143 Å². The summed E-state index contributed by atoms with van der Waals surface area (Å²) in [7, 11) is 1.52. The Labute approximate surface area is 465 Å². The normalized spacial score (nSPS) is 18.2. The van der Waals surface area contributed by atoms with E-state index >= 15 is 0 Å². The van der Waals surface area contributed by atoms with Gasteiger partial charge in [0, 0.05) is 54.2 Å². The van der Waals surface area contributed by atoms with E-state index in [0.717, 1.165) is 36.0 Å². The lowest BCUT2D eigenvalue weighted by molar-refractivity contribution is -0.337. The average Bonchev–Trinajstić information content (AvgIpc) is 3.16. The van der Waals surface area contributed by atoms with Gasteiger partial charge in [0.15, 0.2) is 11.6 Å². The molecule has 8 aromatic carbocycles. The molecule has 0 bridgehead atoms. The Hall–Kier alpha value is -6.72. The first-order valence-electron chi connectivity index (χ1n) is 27.7. The van der Waals surface area contributed by atoms with Gasteiger partial charge < -0.3 is 38.6 Å². The zero-order valence-electron chi connectivity index (χ0n) is 49.5. The van der Waals surface area contributed by atoms with Crippen LogP contribution in [0.2, 0.25) is 0 Å². The van der Waals surface area contributed by atoms with Crippen molar-refractivity contribution in [3.05, 3.63) is 136 Å². The molecule has 0 amide bonds. The first-order chi connectivity index (χ1) is 36.5. The number of rotatable bonds is 13. The molecule has 2 heterocycles. The summed E-state index contributed by atoms with van der Waals surface area (Å²) in [5.41, 5.74) is 4.10. The van der Waals surface area contributed by atoms with Crippen LogP contribution in [-0.2, 0) is 37.3 Å². The van der Waals surface area contributed by atoms with Crippen molar-refractivity contribution in [1.29, 1.82) is 0 Å². The maximum atomic E-state index is 14.3. The van der Waals surface area contributed by atoms with E-state index in [-0.39, 0.29) is 55.1 Å². The maximum Gasteiger partial charge on any atom is 0.346 e. The molecule has 2 unspecified atom stereocenters. The minimum absolute atomic E-state index is 0.0786. The molecule has 2 aliphatic heterocycles.